The Labute approximate surface area is 118 Å². The summed E-state index contributed by atoms with van der Waals surface area (Å²) in [6.07, 6.45) is 4.30. The predicted octanol–water partition coefficient (Wildman–Crippen LogP) is 2.16. The second kappa shape index (κ2) is 6.17. The number of nitrogens with one attached hydrogen (secondary N) is 1. The van der Waals surface area contributed by atoms with Crippen molar-refractivity contribution in [1.82, 2.24) is 9.88 Å². The van der Waals surface area contributed by atoms with Crippen LogP contribution in [-0.4, -0.2) is 28.4 Å². The van der Waals surface area contributed by atoms with Gasteiger partial charge in [-0.1, -0.05) is 13.8 Å². The Kier molecular flexibility index (Phi) is 4.54. The molecule has 1 heterocycles. The fraction of sp³-hybridized carbons (Fsp3) is 0.571. The molecule has 3 N–H and O–H groups in total. The highest BCUT2D eigenvalue weighted by atomic mass is 19.1. The summed E-state index contributed by atoms with van der Waals surface area (Å²) in [5.74, 6) is 4.64. The van der Waals surface area contributed by atoms with Gasteiger partial charge in [0.1, 0.15) is 0 Å². The zero-order chi connectivity index (χ0) is 14.7. The van der Waals surface area contributed by atoms with Crippen LogP contribution in [0.2, 0.25) is 0 Å². The van der Waals surface area contributed by atoms with Crippen LogP contribution >= 0.6 is 0 Å². The van der Waals surface area contributed by atoms with E-state index in [1.54, 1.807) is 4.90 Å². The van der Waals surface area contributed by atoms with E-state index in [1.165, 1.54) is 12.3 Å². The molecule has 1 saturated carbocycles. The first-order valence-electron chi connectivity index (χ1n) is 6.96. The normalized spacial score (nSPS) is 14.4. The smallest absolute Gasteiger partial charge is 0.257 e. The lowest BCUT2D eigenvalue weighted by Crippen LogP contribution is -2.35. The summed E-state index contributed by atoms with van der Waals surface area (Å²) in [4.78, 5) is 18.0. The number of hydrazine groups is 1. The number of halogens is 1. The number of nitrogens with zero attached hydrogens (tertiary/aromatic N) is 2. The Morgan fingerprint density at radius 3 is 2.85 bits per heavy atom. The Hall–Kier alpha value is -1.69. The highest BCUT2D eigenvalue weighted by Crippen LogP contribution is 2.29. The van der Waals surface area contributed by atoms with E-state index in [2.05, 4.69) is 24.3 Å². The van der Waals surface area contributed by atoms with Crippen LogP contribution in [0, 0.1) is 11.7 Å². The molecular formula is C14H21FN4O. The molecule has 0 spiro atoms. The number of amides is 1. The molecule has 6 heteroatoms. The van der Waals surface area contributed by atoms with Crippen molar-refractivity contribution in [3.05, 3.63) is 23.6 Å². The minimum atomic E-state index is -0.685. The second-order valence-electron chi connectivity index (χ2n) is 5.58. The van der Waals surface area contributed by atoms with Gasteiger partial charge in [-0.05, 0) is 31.2 Å². The first-order chi connectivity index (χ1) is 9.54. The molecule has 0 unspecified atom stereocenters. The first kappa shape index (κ1) is 14.7. The second-order valence-corrected chi connectivity index (χ2v) is 5.58. The number of rotatable bonds is 6. The summed E-state index contributed by atoms with van der Waals surface area (Å²) in [7, 11) is 0. The number of anilines is 1. The van der Waals surface area contributed by atoms with Gasteiger partial charge >= 0.3 is 0 Å². The van der Waals surface area contributed by atoms with Crippen molar-refractivity contribution in [3.63, 3.8) is 0 Å². The van der Waals surface area contributed by atoms with Crippen molar-refractivity contribution in [2.75, 3.05) is 12.0 Å². The molecule has 2 rings (SSSR count). The lowest BCUT2D eigenvalue weighted by Gasteiger charge is -2.23. The topological polar surface area (TPSA) is 71.2 Å². The molecule has 0 radical (unpaired) electrons. The number of aromatic nitrogens is 1. The summed E-state index contributed by atoms with van der Waals surface area (Å²) < 4.78 is 14.1. The maximum Gasteiger partial charge on any atom is 0.257 e. The Morgan fingerprint density at radius 1 is 1.60 bits per heavy atom. The fourth-order valence-electron chi connectivity index (χ4n) is 2.10. The number of hydrogen-bond acceptors (Lipinski definition) is 4. The molecule has 110 valence electrons. The highest BCUT2D eigenvalue weighted by molar-refractivity contribution is 5.95. The number of carbonyl (C=O) groups is 1. The average Bonchev–Trinajstić information content (AvgIpc) is 3.23. The number of carbonyl (C=O) groups excluding carboxylic acids is 1. The first-order valence-corrected chi connectivity index (χ1v) is 6.96. The number of pyridine rings is 1. The van der Waals surface area contributed by atoms with E-state index >= 15 is 0 Å². The zero-order valence-corrected chi connectivity index (χ0v) is 11.9. The zero-order valence-electron chi connectivity index (χ0n) is 11.9. The SMILES string of the molecule is CC(C)CCN(C(=O)c1ccnc(NN)c1F)C1CC1. The molecule has 1 fully saturated rings. The van der Waals surface area contributed by atoms with Crippen LogP contribution < -0.4 is 11.3 Å². The average molecular weight is 280 g/mol. The molecule has 0 saturated heterocycles. The maximum absolute atomic E-state index is 14.1. The molecule has 1 aliphatic rings. The number of nitrogens with two attached hydrogens (primary N) is 1. The Morgan fingerprint density at radius 2 is 2.30 bits per heavy atom. The van der Waals surface area contributed by atoms with Gasteiger partial charge in [-0.15, -0.1) is 0 Å². The van der Waals surface area contributed by atoms with E-state index < -0.39 is 5.82 Å². The van der Waals surface area contributed by atoms with Crippen LogP contribution in [0.25, 0.3) is 0 Å². The maximum atomic E-state index is 14.1. The van der Waals surface area contributed by atoms with Gasteiger partial charge in [0.2, 0.25) is 0 Å². The van der Waals surface area contributed by atoms with E-state index in [4.69, 9.17) is 5.84 Å². The summed E-state index contributed by atoms with van der Waals surface area (Å²) in [6.45, 7) is 4.88. The quantitative estimate of drug-likeness (QED) is 0.619. The van der Waals surface area contributed by atoms with E-state index in [1.807, 2.05) is 0 Å². The molecule has 5 nitrogen and oxygen atoms in total. The summed E-state index contributed by atoms with van der Waals surface area (Å²) >= 11 is 0. The molecule has 0 atom stereocenters. The lowest BCUT2D eigenvalue weighted by molar-refractivity contribution is 0.0730. The molecule has 1 aromatic heterocycles. The van der Waals surface area contributed by atoms with E-state index in [0.717, 1.165) is 19.3 Å². The van der Waals surface area contributed by atoms with Crippen LogP contribution in [0.3, 0.4) is 0 Å². The Balaban J connectivity index is 2.19. The summed E-state index contributed by atoms with van der Waals surface area (Å²) in [6, 6.07) is 1.66. The molecule has 0 aromatic carbocycles. The minimum absolute atomic E-state index is 0.0311. The standard InChI is InChI=1S/C14H21FN4O/c1-9(2)6-8-19(10-3-4-10)14(20)11-5-7-17-13(18-16)12(11)15/h5,7,9-10H,3-4,6,8,16H2,1-2H3,(H,17,18). The molecule has 0 aliphatic heterocycles. The molecule has 20 heavy (non-hydrogen) atoms. The highest BCUT2D eigenvalue weighted by Gasteiger charge is 2.34. The van der Waals surface area contributed by atoms with Crippen molar-refractivity contribution >= 4 is 11.7 Å². The fourth-order valence-corrected chi connectivity index (χ4v) is 2.10. The van der Waals surface area contributed by atoms with Gasteiger partial charge < -0.3 is 10.3 Å². The van der Waals surface area contributed by atoms with Crippen LogP contribution in [0.5, 0.6) is 0 Å². The number of nitrogen functional groups attached to an aromatic ring is 1. The van der Waals surface area contributed by atoms with Gasteiger partial charge in [0.15, 0.2) is 11.6 Å². The largest absolute Gasteiger partial charge is 0.336 e. The lowest BCUT2D eigenvalue weighted by atomic mass is 10.1. The molecule has 0 bridgehead atoms. The van der Waals surface area contributed by atoms with Gasteiger partial charge in [-0.25, -0.2) is 15.2 Å². The van der Waals surface area contributed by atoms with Gasteiger partial charge in [0.25, 0.3) is 5.91 Å². The molecule has 1 amide bonds. The van der Waals surface area contributed by atoms with Crippen LogP contribution in [0.1, 0.15) is 43.5 Å². The van der Waals surface area contributed by atoms with E-state index in [9.17, 15) is 9.18 Å². The van der Waals surface area contributed by atoms with Crippen LogP contribution in [-0.2, 0) is 0 Å². The monoisotopic (exact) mass is 280 g/mol. The molecule has 1 aromatic rings. The third-order valence-corrected chi connectivity index (χ3v) is 3.45. The van der Waals surface area contributed by atoms with Gasteiger partial charge in [0, 0.05) is 18.8 Å². The van der Waals surface area contributed by atoms with Gasteiger partial charge in [0.05, 0.1) is 5.56 Å². The molecular weight excluding hydrogens is 259 g/mol. The third-order valence-electron chi connectivity index (χ3n) is 3.45. The van der Waals surface area contributed by atoms with Crippen LogP contribution in [0.15, 0.2) is 12.3 Å². The van der Waals surface area contributed by atoms with Crippen molar-refractivity contribution in [2.24, 2.45) is 11.8 Å². The Bertz CT molecular complexity index is 488. The summed E-state index contributed by atoms with van der Waals surface area (Å²) in [5.41, 5.74) is 2.20. The van der Waals surface area contributed by atoms with Gasteiger partial charge in [-0.2, -0.15) is 0 Å². The third kappa shape index (κ3) is 3.25. The van der Waals surface area contributed by atoms with Gasteiger partial charge in [-0.3, -0.25) is 4.79 Å². The minimum Gasteiger partial charge on any atom is -0.336 e. The summed E-state index contributed by atoms with van der Waals surface area (Å²) in [5, 5.41) is 0. The van der Waals surface area contributed by atoms with E-state index in [0.29, 0.717) is 12.5 Å². The predicted molar refractivity (Wildman–Crippen MR) is 75.5 cm³/mol. The van der Waals surface area contributed by atoms with Crippen molar-refractivity contribution < 1.29 is 9.18 Å². The van der Waals surface area contributed by atoms with Crippen LogP contribution in [0.4, 0.5) is 10.2 Å². The van der Waals surface area contributed by atoms with Crippen molar-refractivity contribution in [1.29, 1.82) is 0 Å². The number of hydrogen-bond donors (Lipinski definition) is 2. The molecule has 1 aliphatic carbocycles. The van der Waals surface area contributed by atoms with Crippen molar-refractivity contribution in [3.8, 4) is 0 Å². The van der Waals surface area contributed by atoms with E-state index in [-0.39, 0.29) is 23.3 Å². The van der Waals surface area contributed by atoms with Crippen molar-refractivity contribution in [2.45, 2.75) is 39.2 Å².